The molecule has 3 aromatic rings. The standard InChI is InChI=1S/C27H26N2O4/c1-4-32-22-16-12-21(13-17-22)29-26(30)24(19-8-6-5-7-9-19)25(27(29)31)28-20-10-14-23(15-11-20)33-18(2)3/h5-18,28H,4H2,1-3H3. The van der Waals surface area contributed by atoms with E-state index in [1.807, 2.05) is 75.4 Å². The minimum atomic E-state index is -0.412. The van der Waals surface area contributed by atoms with Crippen LogP contribution in [-0.4, -0.2) is 24.5 Å². The van der Waals surface area contributed by atoms with Crippen LogP contribution in [0, 0.1) is 0 Å². The Hall–Kier alpha value is -4.06. The van der Waals surface area contributed by atoms with Crippen LogP contribution in [0.2, 0.25) is 0 Å². The van der Waals surface area contributed by atoms with E-state index in [1.54, 1.807) is 24.3 Å². The van der Waals surface area contributed by atoms with Gasteiger partial charge in [0.05, 0.1) is 24.0 Å². The first-order valence-electron chi connectivity index (χ1n) is 10.9. The summed E-state index contributed by atoms with van der Waals surface area (Å²) in [6, 6.07) is 23.4. The highest BCUT2D eigenvalue weighted by Gasteiger charge is 2.40. The second-order valence-electron chi connectivity index (χ2n) is 7.80. The number of ether oxygens (including phenoxy) is 2. The number of hydrogen-bond donors (Lipinski definition) is 1. The monoisotopic (exact) mass is 442 g/mol. The molecule has 1 N–H and O–H groups in total. The maximum absolute atomic E-state index is 13.5. The van der Waals surface area contributed by atoms with Crippen molar-refractivity contribution in [3.63, 3.8) is 0 Å². The Bertz CT molecular complexity index is 1170. The molecule has 0 saturated carbocycles. The lowest BCUT2D eigenvalue weighted by Gasteiger charge is -2.16. The molecule has 168 valence electrons. The molecule has 0 atom stereocenters. The zero-order valence-electron chi connectivity index (χ0n) is 18.9. The van der Waals surface area contributed by atoms with E-state index in [0.29, 0.717) is 34.9 Å². The van der Waals surface area contributed by atoms with E-state index in [9.17, 15) is 9.59 Å². The summed E-state index contributed by atoms with van der Waals surface area (Å²) in [7, 11) is 0. The number of hydrogen-bond acceptors (Lipinski definition) is 5. The molecule has 0 spiro atoms. The highest BCUT2D eigenvalue weighted by atomic mass is 16.5. The molecule has 3 aromatic carbocycles. The van der Waals surface area contributed by atoms with Gasteiger partial charge in [-0.3, -0.25) is 9.59 Å². The van der Waals surface area contributed by atoms with E-state index < -0.39 is 5.91 Å². The van der Waals surface area contributed by atoms with Crippen LogP contribution >= 0.6 is 0 Å². The predicted octanol–water partition coefficient (Wildman–Crippen LogP) is 5.27. The number of anilines is 2. The first-order valence-corrected chi connectivity index (χ1v) is 10.9. The molecule has 0 aliphatic carbocycles. The molecule has 0 fully saturated rings. The molecular weight excluding hydrogens is 416 g/mol. The third-order valence-electron chi connectivity index (χ3n) is 5.05. The van der Waals surface area contributed by atoms with Crippen molar-refractivity contribution in [3.05, 3.63) is 90.1 Å². The predicted molar refractivity (Wildman–Crippen MR) is 129 cm³/mol. The zero-order valence-corrected chi connectivity index (χ0v) is 18.9. The van der Waals surface area contributed by atoms with Crippen LogP contribution < -0.4 is 19.7 Å². The van der Waals surface area contributed by atoms with Crippen LogP contribution in [-0.2, 0) is 9.59 Å². The number of nitrogens with zero attached hydrogens (tertiary/aromatic N) is 1. The minimum Gasteiger partial charge on any atom is -0.494 e. The second-order valence-corrected chi connectivity index (χ2v) is 7.80. The first kappa shape index (κ1) is 22.1. The number of carbonyl (C=O) groups excluding carboxylic acids is 2. The van der Waals surface area contributed by atoms with Gasteiger partial charge in [-0.15, -0.1) is 0 Å². The van der Waals surface area contributed by atoms with Gasteiger partial charge in [0, 0.05) is 5.69 Å². The highest BCUT2D eigenvalue weighted by Crippen LogP contribution is 2.34. The quantitative estimate of drug-likeness (QED) is 0.482. The third kappa shape index (κ3) is 4.75. The Balaban J connectivity index is 1.69. The van der Waals surface area contributed by atoms with E-state index in [1.165, 1.54) is 4.90 Å². The van der Waals surface area contributed by atoms with Gasteiger partial charge in [0.1, 0.15) is 17.2 Å². The van der Waals surface area contributed by atoms with Crippen LogP contribution in [0.15, 0.2) is 84.6 Å². The molecule has 0 saturated heterocycles. The van der Waals surface area contributed by atoms with Crippen LogP contribution in [0.4, 0.5) is 11.4 Å². The number of imide groups is 1. The summed E-state index contributed by atoms with van der Waals surface area (Å²) in [5.74, 6) is 0.624. The number of amides is 2. The Morgan fingerprint density at radius 1 is 0.818 bits per heavy atom. The van der Waals surface area contributed by atoms with Crippen molar-refractivity contribution < 1.29 is 19.1 Å². The maximum atomic E-state index is 13.5. The lowest BCUT2D eigenvalue weighted by atomic mass is 10.0. The normalized spacial score (nSPS) is 13.6. The number of nitrogens with one attached hydrogen (secondary N) is 1. The Kier molecular flexibility index (Phi) is 6.45. The SMILES string of the molecule is CCOc1ccc(N2C(=O)C(Nc3ccc(OC(C)C)cc3)=C(c3ccccc3)C2=O)cc1. The molecule has 6 heteroatoms. The number of benzene rings is 3. The van der Waals surface area contributed by atoms with Crippen molar-refractivity contribution in [2.45, 2.75) is 26.9 Å². The molecule has 33 heavy (non-hydrogen) atoms. The fraction of sp³-hybridized carbons (Fsp3) is 0.185. The topological polar surface area (TPSA) is 67.9 Å². The van der Waals surface area contributed by atoms with Gasteiger partial charge >= 0.3 is 0 Å². The molecule has 2 amide bonds. The zero-order chi connectivity index (χ0) is 23.4. The van der Waals surface area contributed by atoms with Gasteiger partial charge in [-0.1, -0.05) is 30.3 Å². The van der Waals surface area contributed by atoms with Crippen LogP contribution in [0.3, 0.4) is 0 Å². The summed E-state index contributed by atoms with van der Waals surface area (Å²) in [5.41, 5.74) is 2.41. The summed E-state index contributed by atoms with van der Waals surface area (Å²) in [6.07, 6.45) is 0.0629. The van der Waals surface area contributed by atoms with Crippen molar-refractivity contribution in [3.8, 4) is 11.5 Å². The average molecular weight is 443 g/mol. The first-order chi connectivity index (χ1) is 16.0. The highest BCUT2D eigenvalue weighted by molar-refractivity contribution is 6.46. The molecule has 1 aliphatic heterocycles. The molecule has 6 nitrogen and oxygen atoms in total. The number of rotatable bonds is 8. The van der Waals surface area contributed by atoms with E-state index in [-0.39, 0.29) is 17.7 Å². The van der Waals surface area contributed by atoms with Gasteiger partial charge in [0.2, 0.25) is 0 Å². The Morgan fingerprint density at radius 3 is 2.06 bits per heavy atom. The fourth-order valence-corrected chi connectivity index (χ4v) is 3.64. The summed E-state index contributed by atoms with van der Waals surface area (Å²) < 4.78 is 11.2. The van der Waals surface area contributed by atoms with Gasteiger partial charge < -0.3 is 14.8 Å². The van der Waals surface area contributed by atoms with Crippen LogP contribution in [0.1, 0.15) is 26.3 Å². The van der Waals surface area contributed by atoms with Gasteiger partial charge in [0.15, 0.2) is 0 Å². The lowest BCUT2D eigenvalue weighted by molar-refractivity contribution is -0.120. The molecular formula is C27H26N2O4. The van der Waals surface area contributed by atoms with Crippen molar-refractivity contribution in [2.75, 3.05) is 16.8 Å². The van der Waals surface area contributed by atoms with Crippen LogP contribution in [0.5, 0.6) is 11.5 Å². The summed E-state index contributed by atoms with van der Waals surface area (Å²) in [6.45, 7) is 6.36. The van der Waals surface area contributed by atoms with Gasteiger partial charge in [-0.05, 0) is 74.9 Å². The molecule has 0 aromatic heterocycles. The third-order valence-corrected chi connectivity index (χ3v) is 5.05. The second kappa shape index (κ2) is 9.61. The maximum Gasteiger partial charge on any atom is 0.282 e. The summed E-state index contributed by atoms with van der Waals surface area (Å²) in [5, 5.41) is 3.17. The molecule has 0 radical (unpaired) electrons. The number of carbonyl (C=O) groups is 2. The van der Waals surface area contributed by atoms with E-state index in [0.717, 1.165) is 5.75 Å². The van der Waals surface area contributed by atoms with Gasteiger partial charge in [0.25, 0.3) is 11.8 Å². The summed E-state index contributed by atoms with van der Waals surface area (Å²) in [4.78, 5) is 28.1. The van der Waals surface area contributed by atoms with Crippen LogP contribution in [0.25, 0.3) is 5.57 Å². The van der Waals surface area contributed by atoms with E-state index in [4.69, 9.17) is 9.47 Å². The summed E-state index contributed by atoms with van der Waals surface area (Å²) >= 11 is 0. The molecule has 4 rings (SSSR count). The smallest absolute Gasteiger partial charge is 0.282 e. The fourth-order valence-electron chi connectivity index (χ4n) is 3.64. The van der Waals surface area contributed by atoms with Crippen molar-refractivity contribution >= 4 is 28.8 Å². The van der Waals surface area contributed by atoms with E-state index in [2.05, 4.69) is 5.32 Å². The van der Waals surface area contributed by atoms with Gasteiger partial charge in [-0.25, -0.2) is 4.90 Å². The van der Waals surface area contributed by atoms with Gasteiger partial charge in [-0.2, -0.15) is 0 Å². The Labute approximate surface area is 193 Å². The van der Waals surface area contributed by atoms with E-state index >= 15 is 0 Å². The molecule has 1 heterocycles. The average Bonchev–Trinajstić information content (AvgIpc) is 3.05. The molecule has 0 unspecified atom stereocenters. The molecule has 1 aliphatic rings. The minimum absolute atomic E-state index is 0.0629. The van der Waals surface area contributed by atoms with Crippen molar-refractivity contribution in [2.24, 2.45) is 0 Å². The van der Waals surface area contributed by atoms with Crippen molar-refractivity contribution in [1.82, 2.24) is 0 Å². The Morgan fingerprint density at radius 2 is 1.45 bits per heavy atom. The molecule has 0 bridgehead atoms. The largest absolute Gasteiger partial charge is 0.494 e. The lowest BCUT2D eigenvalue weighted by Crippen LogP contribution is -2.32. The van der Waals surface area contributed by atoms with Crippen molar-refractivity contribution in [1.29, 1.82) is 0 Å².